The maximum atomic E-state index is 12.4. The van der Waals surface area contributed by atoms with Crippen LogP contribution in [0.5, 0.6) is 0 Å². The zero-order chi connectivity index (χ0) is 16.3. The minimum Gasteiger partial charge on any atom is -0.378 e. The first kappa shape index (κ1) is 16.7. The highest BCUT2D eigenvalue weighted by Crippen LogP contribution is 2.48. The number of carbonyl (C=O) groups is 1. The number of aryl methyl sites for hydroxylation is 1. The molecule has 0 unspecified atom stereocenters. The second-order valence-electron chi connectivity index (χ2n) is 6.01. The lowest BCUT2D eigenvalue weighted by Crippen LogP contribution is -2.64. The Labute approximate surface area is 131 Å². The highest BCUT2D eigenvalue weighted by atomic mass is 16.5. The van der Waals surface area contributed by atoms with Crippen LogP contribution in [0.3, 0.4) is 0 Å². The van der Waals surface area contributed by atoms with E-state index < -0.39 is 0 Å². The van der Waals surface area contributed by atoms with Crippen LogP contribution in [0, 0.1) is 5.41 Å². The molecule has 0 bridgehead atoms. The van der Waals surface area contributed by atoms with E-state index in [4.69, 9.17) is 4.74 Å². The van der Waals surface area contributed by atoms with Crippen molar-refractivity contribution in [3.8, 4) is 0 Å². The third-order valence-electron chi connectivity index (χ3n) is 5.14. The fourth-order valence-electron chi connectivity index (χ4n) is 3.51. The molecule has 22 heavy (non-hydrogen) atoms. The molecule has 1 amide bonds. The molecule has 5 heteroatoms. The Morgan fingerprint density at radius 1 is 1.41 bits per heavy atom. The van der Waals surface area contributed by atoms with Crippen LogP contribution in [0.2, 0.25) is 0 Å². The van der Waals surface area contributed by atoms with Crippen LogP contribution < -0.4 is 10.9 Å². The molecule has 0 aliphatic heterocycles. The van der Waals surface area contributed by atoms with Gasteiger partial charge in [-0.1, -0.05) is 13.8 Å². The van der Waals surface area contributed by atoms with Gasteiger partial charge in [0.15, 0.2) is 0 Å². The molecule has 1 saturated carbocycles. The molecule has 0 aromatic carbocycles. The third-order valence-corrected chi connectivity index (χ3v) is 5.14. The summed E-state index contributed by atoms with van der Waals surface area (Å²) in [6.45, 7) is 6.99. The van der Waals surface area contributed by atoms with Gasteiger partial charge in [0.05, 0.1) is 6.10 Å². The molecule has 1 aliphatic rings. The van der Waals surface area contributed by atoms with Crippen molar-refractivity contribution in [1.82, 2.24) is 9.88 Å². The van der Waals surface area contributed by atoms with E-state index in [2.05, 4.69) is 19.2 Å². The van der Waals surface area contributed by atoms with Gasteiger partial charge in [0.1, 0.15) is 0 Å². The predicted molar refractivity (Wildman–Crippen MR) is 86.0 cm³/mol. The van der Waals surface area contributed by atoms with E-state index in [1.807, 2.05) is 6.92 Å². The molecular weight excluding hydrogens is 280 g/mol. The Kier molecular flexibility index (Phi) is 5.06. The third kappa shape index (κ3) is 2.82. The summed E-state index contributed by atoms with van der Waals surface area (Å²) in [6.07, 6.45) is 4.60. The molecule has 5 nitrogen and oxygen atoms in total. The van der Waals surface area contributed by atoms with Gasteiger partial charge < -0.3 is 14.6 Å². The van der Waals surface area contributed by atoms with Gasteiger partial charge in [0, 0.05) is 42.9 Å². The van der Waals surface area contributed by atoms with E-state index in [1.165, 1.54) is 10.6 Å². The van der Waals surface area contributed by atoms with Gasteiger partial charge in [-0.2, -0.15) is 0 Å². The first-order valence-electron chi connectivity index (χ1n) is 8.07. The van der Waals surface area contributed by atoms with Crippen molar-refractivity contribution in [2.24, 2.45) is 12.5 Å². The van der Waals surface area contributed by atoms with Gasteiger partial charge >= 0.3 is 0 Å². The molecule has 1 heterocycles. The van der Waals surface area contributed by atoms with Crippen molar-refractivity contribution < 1.29 is 9.53 Å². The summed E-state index contributed by atoms with van der Waals surface area (Å²) in [4.78, 5) is 24.0. The first-order valence-corrected chi connectivity index (χ1v) is 8.07. The molecule has 1 fully saturated rings. The fraction of sp³-hybridized carbons (Fsp3) is 0.647. The second kappa shape index (κ2) is 6.65. The number of ether oxygens (including phenoxy) is 1. The average Bonchev–Trinajstić information content (AvgIpc) is 2.50. The number of carbonyl (C=O) groups excluding carboxylic acids is 1. The standard InChI is InChI=1S/C17H26N2O3/c1-5-17(6-2)13(11-14(17)22-7-3)18-16(21)12-8-9-19(4)15(20)10-12/h8-10,13-14H,5-7,11H2,1-4H3,(H,18,21)/t13-,14+/m1/s1. The number of nitrogens with one attached hydrogen (secondary N) is 1. The van der Waals surface area contributed by atoms with Crippen molar-refractivity contribution in [2.45, 2.75) is 52.2 Å². The van der Waals surface area contributed by atoms with Crippen LogP contribution >= 0.6 is 0 Å². The van der Waals surface area contributed by atoms with Crippen molar-refractivity contribution in [3.05, 3.63) is 34.2 Å². The lowest BCUT2D eigenvalue weighted by atomic mass is 9.58. The molecule has 2 atom stereocenters. The molecular formula is C17H26N2O3. The zero-order valence-electron chi connectivity index (χ0n) is 13.9. The number of hydrogen-bond donors (Lipinski definition) is 1. The Balaban J connectivity index is 2.11. The van der Waals surface area contributed by atoms with Gasteiger partial charge in [0.25, 0.3) is 11.5 Å². The molecule has 0 saturated heterocycles. The van der Waals surface area contributed by atoms with Gasteiger partial charge in [0.2, 0.25) is 0 Å². The molecule has 1 N–H and O–H groups in total. The number of rotatable bonds is 6. The van der Waals surface area contributed by atoms with E-state index >= 15 is 0 Å². The maximum Gasteiger partial charge on any atom is 0.251 e. The van der Waals surface area contributed by atoms with Crippen LogP contribution in [0.4, 0.5) is 0 Å². The summed E-state index contributed by atoms with van der Waals surface area (Å²) in [5, 5.41) is 3.09. The van der Waals surface area contributed by atoms with Gasteiger partial charge in [-0.15, -0.1) is 0 Å². The van der Waals surface area contributed by atoms with E-state index in [9.17, 15) is 9.59 Å². The molecule has 2 rings (SSSR count). The van der Waals surface area contributed by atoms with E-state index in [-0.39, 0.29) is 29.0 Å². The first-order chi connectivity index (χ1) is 10.5. The lowest BCUT2D eigenvalue weighted by Gasteiger charge is -2.55. The van der Waals surface area contributed by atoms with Crippen LogP contribution in [-0.4, -0.2) is 29.2 Å². The second-order valence-corrected chi connectivity index (χ2v) is 6.01. The summed E-state index contributed by atoms with van der Waals surface area (Å²) >= 11 is 0. The number of hydrogen-bond acceptors (Lipinski definition) is 3. The molecule has 1 aromatic heterocycles. The number of aromatic nitrogens is 1. The summed E-state index contributed by atoms with van der Waals surface area (Å²) in [7, 11) is 1.67. The van der Waals surface area contributed by atoms with E-state index in [0.717, 1.165) is 19.3 Å². The van der Waals surface area contributed by atoms with Crippen LogP contribution in [0.25, 0.3) is 0 Å². The monoisotopic (exact) mass is 306 g/mol. The molecule has 0 spiro atoms. The summed E-state index contributed by atoms with van der Waals surface area (Å²) in [6, 6.07) is 3.17. The van der Waals surface area contributed by atoms with Crippen molar-refractivity contribution in [1.29, 1.82) is 0 Å². The molecule has 0 radical (unpaired) electrons. The van der Waals surface area contributed by atoms with Gasteiger partial charge in [-0.05, 0) is 32.3 Å². The Hall–Kier alpha value is -1.62. The normalized spacial score (nSPS) is 22.9. The summed E-state index contributed by atoms with van der Waals surface area (Å²) < 4.78 is 7.28. The van der Waals surface area contributed by atoms with Crippen LogP contribution in [-0.2, 0) is 11.8 Å². The fourth-order valence-corrected chi connectivity index (χ4v) is 3.51. The van der Waals surface area contributed by atoms with Gasteiger partial charge in [-0.3, -0.25) is 9.59 Å². The largest absolute Gasteiger partial charge is 0.378 e. The quantitative estimate of drug-likeness (QED) is 0.875. The van der Waals surface area contributed by atoms with Crippen molar-refractivity contribution in [3.63, 3.8) is 0 Å². The minimum absolute atomic E-state index is 0.00537. The van der Waals surface area contributed by atoms with Crippen molar-refractivity contribution in [2.75, 3.05) is 6.61 Å². The molecule has 122 valence electrons. The maximum absolute atomic E-state index is 12.4. The number of pyridine rings is 1. The van der Waals surface area contributed by atoms with E-state index in [0.29, 0.717) is 12.2 Å². The lowest BCUT2D eigenvalue weighted by molar-refractivity contribution is -0.134. The Morgan fingerprint density at radius 3 is 2.64 bits per heavy atom. The highest BCUT2D eigenvalue weighted by Gasteiger charge is 2.53. The predicted octanol–water partition coefficient (Wildman–Crippen LogP) is 2.10. The average molecular weight is 306 g/mol. The van der Waals surface area contributed by atoms with E-state index in [1.54, 1.807) is 19.3 Å². The molecule has 1 aliphatic carbocycles. The summed E-state index contributed by atoms with van der Waals surface area (Å²) in [5.74, 6) is -0.177. The number of amides is 1. The summed E-state index contributed by atoms with van der Waals surface area (Å²) in [5.41, 5.74) is 0.251. The van der Waals surface area contributed by atoms with Crippen LogP contribution in [0.1, 0.15) is 50.4 Å². The number of nitrogens with zero attached hydrogens (tertiary/aromatic N) is 1. The molecule has 1 aromatic rings. The zero-order valence-corrected chi connectivity index (χ0v) is 13.9. The van der Waals surface area contributed by atoms with Crippen molar-refractivity contribution >= 4 is 5.91 Å². The Morgan fingerprint density at radius 2 is 2.09 bits per heavy atom. The van der Waals surface area contributed by atoms with Gasteiger partial charge in [-0.25, -0.2) is 0 Å². The smallest absolute Gasteiger partial charge is 0.251 e. The SMILES string of the molecule is CCO[C@H]1C[C@@H](NC(=O)c2ccn(C)c(=O)c2)C1(CC)CC. The highest BCUT2D eigenvalue weighted by molar-refractivity contribution is 5.94. The minimum atomic E-state index is -0.177. The Bertz CT molecular complexity index is 590. The topological polar surface area (TPSA) is 60.3 Å². The van der Waals surface area contributed by atoms with Crippen LogP contribution in [0.15, 0.2) is 23.1 Å².